The summed E-state index contributed by atoms with van der Waals surface area (Å²) in [6.07, 6.45) is 2.07. The van der Waals surface area contributed by atoms with Crippen LogP contribution in [0.25, 0.3) is 6.08 Å². The lowest BCUT2D eigenvalue weighted by Crippen LogP contribution is -2.25. The molecule has 1 unspecified atom stereocenters. The molecule has 4 nitrogen and oxygen atoms in total. The van der Waals surface area contributed by atoms with Gasteiger partial charge in [0.05, 0.1) is 7.11 Å². The fraction of sp³-hybridized carbons (Fsp3) is 0.118. The molecule has 0 fully saturated rings. The fourth-order valence-electron chi connectivity index (χ4n) is 2.34. The Bertz CT molecular complexity index is 675. The van der Waals surface area contributed by atoms with Crippen LogP contribution in [0, 0.1) is 0 Å². The van der Waals surface area contributed by atoms with Gasteiger partial charge in [0.2, 0.25) is 0 Å². The number of hydrogen-bond acceptors (Lipinski definition) is 4. The van der Waals surface area contributed by atoms with E-state index in [-0.39, 0.29) is 6.04 Å². The van der Waals surface area contributed by atoms with Crippen molar-refractivity contribution in [2.24, 2.45) is 10.7 Å². The summed E-state index contributed by atoms with van der Waals surface area (Å²) in [5, 5.41) is 3.14. The largest absolute Gasteiger partial charge is 0.497 e. The molecule has 2 aromatic rings. The maximum Gasteiger partial charge on any atom is 0.193 e. The molecule has 0 radical (unpaired) electrons. The highest BCUT2D eigenvalue weighted by atomic mass is 16.5. The third-order valence-electron chi connectivity index (χ3n) is 3.39. The number of ether oxygens (including phenoxy) is 1. The summed E-state index contributed by atoms with van der Waals surface area (Å²) >= 11 is 0. The molecule has 0 bridgehead atoms. The SMILES string of the molecule is COc1ccc(C2N=C(N)N/C2=C\c2ccccc2)cc1. The summed E-state index contributed by atoms with van der Waals surface area (Å²) < 4.78 is 5.18. The predicted octanol–water partition coefficient (Wildman–Crippen LogP) is 2.70. The van der Waals surface area contributed by atoms with Gasteiger partial charge in [0.25, 0.3) is 0 Å². The number of benzene rings is 2. The van der Waals surface area contributed by atoms with Crippen LogP contribution < -0.4 is 15.8 Å². The van der Waals surface area contributed by atoms with Gasteiger partial charge in [-0.25, -0.2) is 4.99 Å². The summed E-state index contributed by atoms with van der Waals surface area (Å²) in [4.78, 5) is 4.47. The third-order valence-corrected chi connectivity index (χ3v) is 3.39. The minimum Gasteiger partial charge on any atom is -0.497 e. The van der Waals surface area contributed by atoms with E-state index in [1.807, 2.05) is 54.6 Å². The zero-order chi connectivity index (χ0) is 14.7. The maximum atomic E-state index is 5.84. The van der Waals surface area contributed by atoms with Crippen LogP contribution in [0.4, 0.5) is 0 Å². The second-order valence-electron chi connectivity index (χ2n) is 4.83. The number of nitrogens with zero attached hydrogens (tertiary/aromatic N) is 1. The Hall–Kier alpha value is -2.75. The maximum absolute atomic E-state index is 5.84. The normalized spacial score (nSPS) is 19.2. The van der Waals surface area contributed by atoms with Crippen molar-refractivity contribution in [3.8, 4) is 5.75 Å². The molecule has 4 heteroatoms. The Morgan fingerprint density at radius 2 is 1.81 bits per heavy atom. The average molecular weight is 279 g/mol. The summed E-state index contributed by atoms with van der Waals surface area (Å²) in [6, 6.07) is 17.9. The molecule has 0 saturated carbocycles. The van der Waals surface area contributed by atoms with Gasteiger partial charge >= 0.3 is 0 Å². The van der Waals surface area contributed by atoms with Gasteiger partial charge in [0.1, 0.15) is 11.8 Å². The van der Waals surface area contributed by atoms with Crippen molar-refractivity contribution < 1.29 is 4.74 Å². The minimum atomic E-state index is -0.101. The summed E-state index contributed by atoms with van der Waals surface area (Å²) in [5.74, 6) is 1.27. The van der Waals surface area contributed by atoms with Gasteiger partial charge in [-0.05, 0) is 29.3 Å². The molecule has 1 aliphatic rings. The zero-order valence-corrected chi connectivity index (χ0v) is 11.8. The minimum absolute atomic E-state index is 0.101. The van der Waals surface area contributed by atoms with Crippen molar-refractivity contribution in [3.05, 3.63) is 71.4 Å². The number of aliphatic imine (C=N–C) groups is 1. The molecular formula is C17H17N3O. The van der Waals surface area contributed by atoms with Crippen LogP contribution in [0.15, 0.2) is 65.3 Å². The second kappa shape index (κ2) is 5.71. The topological polar surface area (TPSA) is 59.6 Å². The Balaban J connectivity index is 1.92. The van der Waals surface area contributed by atoms with Gasteiger partial charge in [0, 0.05) is 5.70 Å². The molecule has 3 N–H and O–H groups in total. The van der Waals surface area contributed by atoms with Crippen LogP contribution in [0.1, 0.15) is 17.2 Å². The molecule has 0 saturated heterocycles. The molecule has 2 aromatic carbocycles. The number of methoxy groups -OCH3 is 1. The first kappa shape index (κ1) is 13.2. The van der Waals surface area contributed by atoms with Crippen molar-refractivity contribution in [1.29, 1.82) is 0 Å². The predicted molar refractivity (Wildman–Crippen MR) is 84.9 cm³/mol. The van der Waals surface area contributed by atoms with Crippen LogP contribution in [0.5, 0.6) is 5.75 Å². The molecule has 0 spiro atoms. The Morgan fingerprint density at radius 3 is 2.48 bits per heavy atom. The Kier molecular flexibility index (Phi) is 3.60. The van der Waals surface area contributed by atoms with Crippen LogP contribution >= 0.6 is 0 Å². The lowest BCUT2D eigenvalue weighted by molar-refractivity contribution is 0.414. The van der Waals surface area contributed by atoms with E-state index in [2.05, 4.69) is 16.4 Å². The average Bonchev–Trinajstić information content (AvgIpc) is 2.89. The smallest absolute Gasteiger partial charge is 0.193 e. The summed E-state index contributed by atoms with van der Waals surface area (Å²) in [6.45, 7) is 0. The van der Waals surface area contributed by atoms with Crippen molar-refractivity contribution in [1.82, 2.24) is 5.32 Å². The quantitative estimate of drug-likeness (QED) is 0.908. The van der Waals surface area contributed by atoms with Gasteiger partial charge in [-0.15, -0.1) is 0 Å². The first-order valence-corrected chi connectivity index (χ1v) is 6.77. The van der Waals surface area contributed by atoms with E-state index in [1.165, 1.54) is 0 Å². The van der Waals surface area contributed by atoms with E-state index < -0.39 is 0 Å². The molecule has 21 heavy (non-hydrogen) atoms. The van der Waals surface area contributed by atoms with Crippen molar-refractivity contribution in [2.75, 3.05) is 7.11 Å². The molecule has 106 valence electrons. The van der Waals surface area contributed by atoms with Gasteiger partial charge in [0.15, 0.2) is 5.96 Å². The van der Waals surface area contributed by atoms with Crippen LogP contribution in [-0.4, -0.2) is 13.1 Å². The summed E-state index contributed by atoms with van der Waals surface area (Å²) in [5.41, 5.74) is 9.00. The first-order valence-electron chi connectivity index (χ1n) is 6.77. The molecule has 0 aromatic heterocycles. The Labute approximate surface area is 124 Å². The van der Waals surface area contributed by atoms with Gasteiger partial charge in [-0.3, -0.25) is 0 Å². The number of guanidine groups is 1. The van der Waals surface area contributed by atoms with E-state index in [4.69, 9.17) is 10.5 Å². The molecule has 0 amide bonds. The second-order valence-corrected chi connectivity index (χ2v) is 4.83. The van der Waals surface area contributed by atoms with Crippen molar-refractivity contribution in [2.45, 2.75) is 6.04 Å². The molecule has 1 heterocycles. The van der Waals surface area contributed by atoms with Gasteiger partial charge in [-0.2, -0.15) is 0 Å². The van der Waals surface area contributed by atoms with E-state index in [9.17, 15) is 0 Å². The molecule has 1 aliphatic heterocycles. The number of nitrogens with two attached hydrogens (primary N) is 1. The highest BCUT2D eigenvalue weighted by Gasteiger charge is 2.22. The number of hydrogen-bond donors (Lipinski definition) is 2. The van der Waals surface area contributed by atoms with Gasteiger partial charge < -0.3 is 15.8 Å². The molecule has 0 aliphatic carbocycles. The fourth-order valence-corrected chi connectivity index (χ4v) is 2.34. The van der Waals surface area contributed by atoms with Gasteiger partial charge in [-0.1, -0.05) is 42.5 Å². The first-order chi connectivity index (χ1) is 10.3. The van der Waals surface area contributed by atoms with E-state index in [0.29, 0.717) is 5.96 Å². The molecular weight excluding hydrogens is 262 g/mol. The van der Waals surface area contributed by atoms with E-state index >= 15 is 0 Å². The molecule has 3 rings (SSSR count). The van der Waals surface area contributed by atoms with Crippen molar-refractivity contribution in [3.63, 3.8) is 0 Å². The highest BCUT2D eigenvalue weighted by molar-refractivity contribution is 5.85. The highest BCUT2D eigenvalue weighted by Crippen LogP contribution is 2.30. The van der Waals surface area contributed by atoms with E-state index in [1.54, 1.807) is 7.11 Å². The number of rotatable bonds is 3. The zero-order valence-electron chi connectivity index (χ0n) is 11.8. The monoisotopic (exact) mass is 279 g/mol. The lowest BCUT2D eigenvalue weighted by atomic mass is 10.0. The summed E-state index contributed by atoms with van der Waals surface area (Å²) in [7, 11) is 1.66. The standard InChI is InChI=1S/C17H17N3O/c1-21-14-9-7-13(8-10-14)16-15(19-17(18)20-16)11-12-5-3-2-4-6-12/h2-11,16H,1H3,(H3,18,19,20)/b15-11-. The number of nitrogens with one attached hydrogen (secondary N) is 1. The third kappa shape index (κ3) is 2.89. The van der Waals surface area contributed by atoms with E-state index in [0.717, 1.165) is 22.6 Å². The Morgan fingerprint density at radius 1 is 1.10 bits per heavy atom. The van der Waals surface area contributed by atoms with Crippen molar-refractivity contribution >= 4 is 12.0 Å². The van der Waals surface area contributed by atoms with Crippen LogP contribution in [0.2, 0.25) is 0 Å². The van der Waals surface area contributed by atoms with Crippen LogP contribution in [-0.2, 0) is 0 Å². The van der Waals surface area contributed by atoms with Crippen LogP contribution in [0.3, 0.4) is 0 Å². The molecule has 1 atom stereocenters. The lowest BCUT2D eigenvalue weighted by Gasteiger charge is -2.11.